The molecule has 1 N–H and O–H groups in total. The van der Waals surface area contributed by atoms with E-state index in [0.717, 1.165) is 5.56 Å². The van der Waals surface area contributed by atoms with Gasteiger partial charge in [0.15, 0.2) is 0 Å². The van der Waals surface area contributed by atoms with Crippen LogP contribution in [0.25, 0.3) is 0 Å². The summed E-state index contributed by atoms with van der Waals surface area (Å²) in [5, 5.41) is 21.5. The summed E-state index contributed by atoms with van der Waals surface area (Å²) < 4.78 is 16.3. The summed E-state index contributed by atoms with van der Waals surface area (Å²) in [6.07, 6.45) is 3.07. The van der Waals surface area contributed by atoms with Crippen LogP contribution in [0, 0.1) is 22.9 Å². The maximum absolute atomic E-state index is 13.2. The predicted molar refractivity (Wildman–Crippen MR) is 97.7 cm³/mol. The minimum atomic E-state index is -0.623. The van der Waals surface area contributed by atoms with Gasteiger partial charge < -0.3 is 15.4 Å². The molecule has 0 unspecified atom stereocenters. The number of anilines is 1. The van der Waals surface area contributed by atoms with Crippen LogP contribution in [-0.2, 0) is 17.9 Å². The first-order valence-electron chi connectivity index (χ1n) is 7.77. The van der Waals surface area contributed by atoms with Gasteiger partial charge in [0.25, 0.3) is 0 Å². The number of hydrogen-bond donors (Lipinski definition) is 1. The van der Waals surface area contributed by atoms with Crippen molar-refractivity contribution < 1.29 is 14.1 Å². The largest absolute Gasteiger partial charge is 0.404 e. The Morgan fingerprint density at radius 1 is 1.44 bits per heavy atom. The number of carbonyl (C=O) groups excluding carboxylic acids is 1. The third kappa shape index (κ3) is 4.37. The molecule has 0 bridgehead atoms. The number of nitro groups is 1. The van der Waals surface area contributed by atoms with Crippen molar-refractivity contribution in [3.63, 3.8) is 0 Å². The van der Waals surface area contributed by atoms with Gasteiger partial charge in [-0.2, -0.15) is 9.78 Å². The molecule has 11 heteroatoms. The number of amides is 1. The Hall–Kier alpha value is -3.08. The zero-order valence-corrected chi connectivity index (χ0v) is 15.7. The predicted octanol–water partition coefficient (Wildman–Crippen LogP) is 2.88. The van der Waals surface area contributed by atoms with Crippen LogP contribution >= 0.6 is 15.9 Å². The van der Waals surface area contributed by atoms with Crippen molar-refractivity contribution in [3.05, 3.63) is 68.3 Å². The van der Waals surface area contributed by atoms with Crippen LogP contribution < -0.4 is 5.32 Å². The van der Waals surface area contributed by atoms with Crippen molar-refractivity contribution in [1.82, 2.24) is 19.6 Å². The highest BCUT2D eigenvalue weighted by molar-refractivity contribution is 9.10. The van der Waals surface area contributed by atoms with E-state index >= 15 is 0 Å². The monoisotopic (exact) mass is 436 g/mol. The molecule has 0 fully saturated rings. The minimum Gasteiger partial charge on any atom is -0.358 e. The van der Waals surface area contributed by atoms with Gasteiger partial charge in [0.2, 0.25) is 5.91 Å². The Labute approximate surface area is 161 Å². The molecule has 0 saturated carbocycles. The number of benzene rings is 1. The highest BCUT2D eigenvalue weighted by atomic mass is 79.9. The Balaban J connectivity index is 1.64. The lowest BCUT2D eigenvalue weighted by atomic mass is 10.2. The van der Waals surface area contributed by atoms with Gasteiger partial charge in [-0.15, -0.1) is 0 Å². The number of nitrogens with zero attached hydrogens (tertiary/aromatic N) is 5. The van der Waals surface area contributed by atoms with Crippen molar-refractivity contribution in [2.45, 2.75) is 20.0 Å². The lowest BCUT2D eigenvalue weighted by Crippen LogP contribution is -2.20. The normalized spacial score (nSPS) is 10.8. The van der Waals surface area contributed by atoms with Gasteiger partial charge >= 0.3 is 5.82 Å². The molecule has 1 aromatic carbocycles. The number of hydrogen-bond acceptors (Lipinski definition) is 5. The van der Waals surface area contributed by atoms with E-state index in [1.165, 1.54) is 23.0 Å². The van der Waals surface area contributed by atoms with Gasteiger partial charge in [-0.1, -0.05) is 12.1 Å². The molecule has 0 aliphatic carbocycles. The maximum Gasteiger partial charge on any atom is 0.404 e. The van der Waals surface area contributed by atoms with E-state index in [4.69, 9.17) is 0 Å². The number of carbonyl (C=O) groups is 1. The van der Waals surface area contributed by atoms with Gasteiger partial charge in [0.05, 0.1) is 29.2 Å². The van der Waals surface area contributed by atoms with Crippen molar-refractivity contribution in [2.75, 3.05) is 5.32 Å². The third-order valence-corrected chi connectivity index (χ3v) is 4.66. The van der Waals surface area contributed by atoms with Crippen LogP contribution in [0.2, 0.25) is 0 Å². The van der Waals surface area contributed by atoms with Crippen molar-refractivity contribution in [3.8, 4) is 0 Å². The first-order chi connectivity index (χ1) is 12.8. The summed E-state index contributed by atoms with van der Waals surface area (Å²) in [6.45, 7) is 1.78. The van der Waals surface area contributed by atoms with E-state index in [-0.39, 0.29) is 22.7 Å². The van der Waals surface area contributed by atoms with Crippen LogP contribution in [0.3, 0.4) is 0 Å². The Morgan fingerprint density at radius 3 is 2.89 bits per heavy atom. The Bertz CT molecular complexity index is 1020. The molecule has 3 aromatic rings. The number of rotatable bonds is 6. The number of halogens is 2. The van der Waals surface area contributed by atoms with Crippen LogP contribution in [0.15, 0.2) is 41.1 Å². The van der Waals surface area contributed by atoms with E-state index in [1.54, 1.807) is 29.9 Å². The summed E-state index contributed by atoms with van der Waals surface area (Å²) >= 11 is 3.10. The summed E-state index contributed by atoms with van der Waals surface area (Å²) in [5.74, 6) is -1.08. The molecule has 0 aliphatic rings. The zero-order valence-electron chi connectivity index (χ0n) is 14.1. The van der Waals surface area contributed by atoms with Crippen LogP contribution in [0.1, 0.15) is 11.3 Å². The molecule has 0 spiro atoms. The van der Waals surface area contributed by atoms with E-state index in [0.29, 0.717) is 17.9 Å². The summed E-state index contributed by atoms with van der Waals surface area (Å²) in [6, 6.07) is 6.15. The summed E-state index contributed by atoms with van der Waals surface area (Å²) in [5.41, 5.74) is 1.66. The molecule has 140 valence electrons. The van der Waals surface area contributed by atoms with Crippen LogP contribution in [0.5, 0.6) is 0 Å². The van der Waals surface area contributed by atoms with Gasteiger partial charge in [0, 0.05) is 6.20 Å². The second-order valence-corrected chi connectivity index (χ2v) is 6.54. The SMILES string of the molecule is Cc1c(Br)c([N+](=O)[O-])nn1CC(=O)Nc1cnn(Cc2cccc(F)c2)c1. The fourth-order valence-corrected chi connectivity index (χ4v) is 2.88. The molecule has 0 saturated heterocycles. The third-order valence-electron chi connectivity index (χ3n) is 3.73. The first kappa shape index (κ1) is 18.7. The van der Waals surface area contributed by atoms with Gasteiger partial charge in [-0.3, -0.25) is 9.48 Å². The van der Waals surface area contributed by atoms with Gasteiger partial charge in [0.1, 0.15) is 16.8 Å². The van der Waals surface area contributed by atoms with Crippen LogP contribution in [0.4, 0.5) is 15.9 Å². The first-order valence-corrected chi connectivity index (χ1v) is 8.57. The fourth-order valence-electron chi connectivity index (χ4n) is 2.45. The minimum absolute atomic E-state index is 0.187. The molecule has 0 radical (unpaired) electrons. The van der Waals surface area contributed by atoms with E-state index in [9.17, 15) is 19.3 Å². The van der Waals surface area contributed by atoms with Crippen molar-refractivity contribution >= 4 is 33.3 Å². The lowest BCUT2D eigenvalue weighted by molar-refractivity contribution is -0.390. The average Bonchev–Trinajstić information content (AvgIpc) is 3.14. The van der Waals surface area contributed by atoms with E-state index in [1.807, 2.05) is 0 Å². The Morgan fingerprint density at radius 2 is 2.22 bits per heavy atom. The summed E-state index contributed by atoms with van der Waals surface area (Å²) in [4.78, 5) is 22.5. The van der Waals surface area contributed by atoms with Gasteiger partial charge in [-0.05, 0) is 45.5 Å². The molecule has 0 aliphatic heterocycles. The zero-order chi connectivity index (χ0) is 19.6. The van der Waals surface area contributed by atoms with Crippen molar-refractivity contribution in [1.29, 1.82) is 0 Å². The second kappa shape index (κ2) is 7.66. The van der Waals surface area contributed by atoms with E-state index in [2.05, 4.69) is 31.4 Å². The van der Waals surface area contributed by atoms with Crippen molar-refractivity contribution in [2.24, 2.45) is 0 Å². The Kier molecular flexibility index (Phi) is 5.31. The fraction of sp³-hybridized carbons (Fsp3) is 0.188. The highest BCUT2D eigenvalue weighted by Crippen LogP contribution is 2.26. The summed E-state index contributed by atoms with van der Waals surface area (Å²) in [7, 11) is 0. The number of aromatic nitrogens is 4. The molecule has 2 heterocycles. The molecular weight excluding hydrogens is 423 g/mol. The number of nitrogens with one attached hydrogen (secondary N) is 1. The molecule has 27 heavy (non-hydrogen) atoms. The molecule has 0 atom stereocenters. The molecular formula is C16H14BrFN6O3. The van der Waals surface area contributed by atoms with Crippen LogP contribution in [-0.4, -0.2) is 30.4 Å². The molecule has 2 aromatic heterocycles. The lowest BCUT2D eigenvalue weighted by Gasteiger charge is -2.03. The van der Waals surface area contributed by atoms with E-state index < -0.39 is 10.8 Å². The average molecular weight is 437 g/mol. The maximum atomic E-state index is 13.2. The topological polar surface area (TPSA) is 108 Å². The second-order valence-electron chi connectivity index (χ2n) is 5.74. The quantitative estimate of drug-likeness (QED) is 0.471. The molecule has 9 nitrogen and oxygen atoms in total. The molecule has 1 amide bonds. The standard InChI is InChI=1S/C16H14BrFN6O3/c1-10-15(17)16(24(26)27)21-23(10)9-14(25)20-13-6-19-22(8-13)7-11-3-2-4-12(18)5-11/h2-6,8H,7,9H2,1H3,(H,20,25). The highest BCUT2D eigenvalue weighted by Gasteiger charge is 2.24. The van der Waals surface area contributed by atoms with Gasteiger partial charge in [-0.25, -0.2) is 4.39 Å². The smallest absolute Gasteiger partial charge is 0.358 e. The molecule has 3 rings (SSSR count).